The highest BCUT2D eigenvalue weighted by molar-refractivity contribution is 5.88. The Morgan fingerprint density at radius 3 is 2.15 bits per heavy atom. The smallest absolute Gasteiger partial charge is 0.261 e. The molecule has 0 saturated carbocycles. The summed E-state index contributed by atoms with van der Waals surface area (Å²) in [5.41, 5.74) is 0.715. The number of rotatable bonds is 13. The molecule has 0 aromatic heterocycles. The van der Waals surface area contributed by atoms with Gasteiger partial charge in [-0.25, -0.2) is 4.39 Å². The lowest BCUT2D eigenvalue weighted by atomic mass is 10.1. The van der Waals surface area contributed by atoms with E-state index in [1.165, 1.54) is 31.3 Å². The van der Waals surface area contributed by atoms with Crippen LogP contribution in [-0.2, 0) is 16.1 Å². The van der Waals surface area contributed by atoms with Crippen LogP contribution in [-0.4, -0.2) is 50.1 Å². The van der Waals surface area contributed by atoms with E-state index in [0.717, 1.165) is 12.8 Å². The van der Waals surface area contributed by atoms with E-state index >= 15 is 0 Å². The van der Waals surface area contributed by atoms with Gasteiger partial charge in [-0.15, -0.1) is 0 Å². The highest BCUT2D eigenvalue weighted by atomic mass is 19.1. The number of carbonyl (C=O) groups is 2. The van der Waals surface area contributed by atoms with Crippen LogP contribution in [0.3, 0.4) is 0 Å². The number of methoxy groups -OCH3 is 2. The number of benzene rings is 2. The van der Waals surface area contributed by atoms with Gasteiger partial charge in [-0.1, -0.05) is 32.4 Å². The minimum Gasteiger partial charge on any atom is -0.496 e. The highest BCUT2D eigenvalue weighted by Crippen LogP contribution is 2.27. The summed E-state index contributed by atoms with van der Waals surface area (Å²) in [6, 6.07) is 10.2. The first-order valence-electron chi connectivity index (χ1n) is 11.1. The van der Waals surface area contributed by atoms with Gasteiger partial charge < -0.3 is 24.4 Å². The molecule has 0 saturated heterocycles. The van der Waals surface area contributed by atoms with Crippen molar-refractivity contribution in [1.82, 2.24) is 10.2 Å². The third-order valence-electron chi connectivity index (χ3n) is 5.17. The zero-order valence-corrected chi connectivity index (χ0v) is 19.7. The van der Waals surface area contributed by atoms with Crippen molar-refractivity contribution < 1.29 is 28.2 Å². The quantitative estimate of drug-likeness (QED) is 0.458. The molecule has 2 amide bonds. The summed E-state index contributed by atoms with van der Waals surface area (Å²) in [7, 11) is 3.05. The Kier molecular flexibility index (Phi) is 10.5. The molecule has 8 heteroatoms. The first-order chi connectivity index (χ1) is 15.9. The van der Waals surface area contributed by atoms with E-state index in [0.29, 0.717) is 35.8 Å². The van der Waals surface area contributed by atoms with Crippen LogP contribution in [0.25, 0.3) is 0 Å². The molecule has 0 radical (unpaired) electrons. The van der Waals surface area contributed by atoms with Crippen molar-refractivity contribution in [3.8, 4) is 17.2 Å². The number of nitrogens with zero attached hydrogens (tertiary/aromatic N) is 1. The van der Waals surface area contributed by atoms with Crippen molar-refractivity contribution in [3.63, 3.8) is 0 Å². The SMILES string of the molecule is CCCCNC(=O)C(CC)N(Cc1ccc(F)cc1)C(=O)COc1cc(OC)cc(OC)c1. The zero-order chi connectivity index (χ0) is 24.2. The van der Waals surface area contributed by atoms with Gasteiger partial charge >= 0.3 is 0 Å². The summed E-state index contributed by atoms with van der Waals surface area (Å²) < 4.78 is 29.5. The molecule has 0 heterocycles. The van der Waals surface area contributed by atoms with Crippen molar-refractivity contribution in [3.05, 3.63) is 53.8 Å². The van der Waals surface area contributed by atoms with Gasteiger partial charge in [-0.2, -0.15) is 0 Å². The van der Waals surface area contributed by atoms with Crippen LogP contribution >= 0.6 is 0 Å². The minimum absolute atomic E-state index is 0.156. The number of hydrogen-bond acceptors (Lipinski definition) is 5. The third kappa shape index (κ3) is 7.97. The molecule has 0 fully saturated rings. The van der Waals surface area contributed by atoms with E-state index in [2.05, 4.69) is 5.32 Å². The van der Waals surface area contributed by atoms with Crippen LogP contribution < -0.4 is 19.5 Å². The fourth-order valence-corrected chi connectivity index (χ4v) is 3.30. The maximum atomic E-state index is 13.4. The van der Waals surface area contributed by atoms with Gasteiger partial charge in [0.25, 0.3) is 5.91 Å². The number of unbranched alkanes of at least 4 members (excludes halogenated alkanes) is 1. The summed E-state index contributed by atoms with van der Waals surface area (Å²) in [5, 5.41) is 2.90. The minimum atomic E-state index is -0.678. The number of hydrogen-bond donors (Lipinski definition) is 1. The van der Waals surface area contributed by atoms with Gasteiger partial charge in [0.05, 0.1) is 14.2 Å². The number of carbonyl (C=O) groups excluding carboxylic acids is 2. The molecule has 1 N–H and O–H groups in total. The largest absolute Gasteiger partial charge is 0.496 e. The van der Waals surface area contributed by atoms with E-state index in [1.807, 2.05) is 13.8 Å². The predicted molar refractivity (Wildman–Crippen MR) is 124 cm³/mol. The Labute approximate surface area is 194 Å². The first-order valence-corrected chi connectivity index (χ1v) is 11.1. The number of amides is 2. The van der Waals surface area contributed by atoms with Crippen LogP contribution in [0.15, 0.2) is 42.5 Å². The molecular formula is C25H33FN2O5. The van der Waals surface area contributed by atoms with Gasteiger partial charge in [-0.05, 0) is 30.5 Å². The average Bonchev–Trinajstić information content (AvgIpc) is 2.83. The molecule has 0 aliphatic heterocycles. The molecule has 2 aromatic rings. The van der Waals surface area contributed by atoms with E-state index < -0.39 is 6.04 Å². The van der Waals surface area contributed by atoms with Crippen LogP contribution in [0.4, 0.5) is 4.39 Å². The fourth-order valence-electron chi connectivity index (χ4n) is 3.30. The molecule has 2 rings (SSSR count). The zero-order valence-electron chi connectivity index (χ0n) is 19.7. The summed E-state index contributed by atoms with van der Waals surface area (Å²) in [5.74, 6) is 0.518. The summed E-state index contributed by atoms with van der Waals surface area (Å²) in [6.45, 7) is 4.31. The molecule has 33 heavy (non-hydrogen) atoms. The molecule has 0 aliphatic rings. The van der Waals surface area contributed by atoms with Crippen molar-refractivity contribution >= 4 is 11.8 Å². The number of halogens is 1. The van der Waals surface area contributed by atoms with Gasteiger partial charge in [0.2, 0.25) is 5.91 Å². The lowest BCUT2D eigenvalue weighted by Crippen LogP contribution is -2.50. The second-order valence-corrected chi connectivity index (χ2v) is 7.55. The van der Waals surface area contributed by atoms with Crippen molar-refractivity contribution in [2.75, 3.05) is 27.4 Å². The van der Waals surface area contributed by atoms with Crippen LogP contribution in [0.5, 0.6) is 17.2 Å². The molecular weight excluding hydrogens is 427 g/mol. The van der Waals surface area contributed by atoms with E-state index in [1.54, 1.807) is 30.3 Å². The van der Waals surface area contributed by atoms with Gasteiger partial charge in [0, 0.05) is 31.3 Å². The monoisotopic (exact) mass is 460 g/mol. The van der Waals surface area contributed by atoms with Crippen molar-refractivity contribution in [2.45, 2.75) is 45.7 Å². The third-order valence-corrected chi connectivity index (χ3v) is 5.17. The standard InChI is InChI=1S/C25H33FN2O5/c1-5-7-12-27-25(30)23(6-2)28(16-18-8-10-19(26)11-9-18)24(29)17-33-22-14-20(31-3)13-21(15-22)32-4/h8-11,13-15,23H,5-7,12,16-17H2,1-4H3,(H,27,30). The summed E-state index contributed by atoms with van der Waals surface area (Å²) in [4.78, 5) is 27.5. The molecule has 7 nitrogen and oxygen atoms in total. The maximum Gasteiger partial charge on any atom is 0.261 e. The Bertz CT molecular complexity index is 882. The fraction of sp³-hybridized carbons (Fsp3) is 0.440. The Balaban J connectivity index is 2.21. The van der Waals surface area contributed by atoms with Crippen LogP contribution in [0.1, 0.15) is 38.7 Å². The highest BCUT2D eigenvalue weighted by Gasteiger charge is 2.29. The summed E-state index contributed by atoms with van der Waals surface area (Å²) >= 11 is 0. The van der Waals surface area contributed by atoms with E-state index in [4.69, 9.17) is 14.2 Å². The molecule has 180 valence electrons. The lowest BCUT2D eigenvalue weighted by molar-refractivity contribution is -0.143. The van der Waals surface area contributed by atoms with Crippen molar-refractivity contribution in [1.29, 1.82) is 0 Å². The van der Waals surface area contributed by atoms with Gasteiger partial charge in [0.15, 0.2) is 6.61 Å². The Morgan fingerprint density at radius 1 is 1.00 bits per heavy atom. The number of ether oxygens (including phenoxy) is 3. The molecule has 1 unspecified atom stereocenters. The Morgan fingerprint density at radius 2 is 1.61 bits per heavy atom. The van der Waals surface area contributed by atoms with E-state index in [-0.39, 0.29) is 30.8 Å². The first kappa shape index (κ1) is 26.0. The molecule has 0 bridgehead atoms. The molecule has 1 atom stereocenters. The van der Waals surface area contributed by atoms with Crippen LogP contribution in [0.2, 0.25) is 0 Å². The van der Waals surface area contributed by atoms with Crippen LogP contribution in [0, 0.1) is 5.82 Å². The molecule has 2 aromatic carbocycles. The average molecular weight is 461 g/mol. The molecule has 0 spiro atoms. The molecule has 0 aliphatic carbocycles. The second-order valence-electron chi connectivity index (χ2n) is 7.55. The van der Waals surface area contributed by atoms with E-state index in [9.17, 15) is 14.0 Å². The Hall–Kier alpha value is -3.29. The maximum absolute atomic E-state index is 13.4. The number of nitrogens with one attached hydrogen (secondary N) is 1. The topological polar surface area (TPSA) is 77.1 Å². The predicted octanol–water partition coefficient (Wildman–Crippen LogP) is 3.95. The van der Waals surface area contributed by atoms with Crippen molar-refractivity contribution in [2.24, 2.45) is 0 Å². The normalized spacial score (nSPS) is 11.4. The lowest BCUT2D eigenvalue weighted by Gasteiger charge is -2.30. The van der Waals surface area contributed by atoms with Gasteiger partial charge in [-0.3, -0.25) is 9.59 Å². The van der Waals surface area contributed by atoms with Gasteiger partial charge in [0.1, 0.15) is 29.1 Å². The second kappa shape index (κ2) is 13.3. The summed E-state index contributed by atoms with van der Waals surface area (Å²) in [6.07, 6.45) is 2.24.